The zero-order valence-electron chi connectivity index (χ0n) is 18.0. The van der Waals surface area contributed by atoms with Crippen LogP contribution in [0.25, 0.3) is 22.1 Å². The Balaban J connectivity index is 1.83. The molecule has 0 bridgehead atoms. The van der Waals surface area contributed by atoms with Gasteiger partial charge in [0.2, 0.25) is 6.10 Å². The van der Waals surface area contributed by atoms with Crippen molar-refractivity contribution in [1.29, 1.82) is 0 Å². The minimum atomic E-state index is -0.928. The Hall–Kier alpha value is -3.86. The maximum Gasteiger partial charge on any atom is 0.352 e. The molecular weight excluding hydrogens is 404 g/mol. The SMILES string of the molecule is CCOC(=O)[C@@H](Oc1cc2oc(=O)cc(-c3ccccc3)c2cc1CC)c1ccccc1. The summed E-state index contributed by atoms with van der Waals surface area (Å²) in [5.74, 6) is 0.00982. The van der Waals surface area contributed by atoms with Gasteiger partial charge in [-0.2, -0.15) is 0 Å². The standard InChI is InChI=1S/C27H24O5/c1-3-18-15-22-21(19-11-7-5-8-12-19)16-25(28)31-24(22)17-23(18)32-26(27(29)30-4-2)20-13-9-6-10-14-20/h5-17,26H,3-4H2,1-2H3/t26-/m0/s1. The molecule has 3 aromatic carbocycles. The highest BCUT2D eigenvalue weighted by atomic mass is 16.6. The van der Waals surface area contributed by atoms with Gasteiger partial charge in [-0.3, -0.25) is 0 Å². The van der Waals surface area contributed by atoms with Crippen LogP contribution in [0.4, 0.5) is 0 Å². The summed E-state index contributed by atoms with van der Waals surface area (Å²) in [4.78, 5) is 25.0. The van der Waals surface area contributed by atoms with Crippen LogP contribution in [0.2, 0.25) is 0 Å². The molecule has 1 aromatic heterocycles. The van der Waals surface area contributed by atoms with Gasteiger partial charge in [0.1, 0.15) is 11.3 Å². The quantitative estimate of drug-likeness (QED) is 0.279. The van der Waals surface area contributed by atoms with E-state index in [1.165, 1.54) is 6.07 Å². The smallest absolute Gasteiger partial charge is 0.352 e. The number of benzene rings is 3. The lowest BCUT2D eigenvalue weighted by atomic mass is 9.99. The number of esters is 1. The molecule has 0 aliphatic rings. The highest BCUT2D eigenvalue weighted by molar-refractivity contribution is 5.94. The molecule has 0 amide bonds. The third-order valence-corrected chi connectivity index (χ3v) is 5.24. The summed E-state index contributed by atoms with van der Waals surface area (Å²) in [7, 11) is 0. The minimum absolute atomic E-state index is 0.249. The first kappa shape index (κ1) is 21.4. The highest BCUT2D eigenvalue weighted by Crippen LogP contribution is 2.35. The van der Waals surface area contributed by atoms with Crippen molar-refractivity contribution in [3.05, 3.63) is 100 Å². The molecule has 0 N–H and O–H groups in total. The molecule has 0 spiro atoms. The molecule has 0 radical (unpaired) electrons. The number of carbonyl (C=O) groups is 1. The highest BCUT2D eigenvalue weighted by Gasteiger charge is 2.25. The molecule has 162 valence electrons. The van der Waals surface area contributed by atoms with E-state index < -0.39 is 17.7 Å². The number of aryl methyl sites for hydroxylation is 1. The minimum Gasteiger partial charge on any atom is -0.473 e. The number of rotatable bonds is 7. The molecule has 1 heterocycles. The Morgan fingerprint density at radius 2 is 1.62 bits per heavy atom. The first-order valence-electron chi connectivity index (χ1n) is 10.6. The topological polar surface area (TPSA) is 65.7 Å². The summed E-state index contributed by atoms with van der Waals surface area (Å²) in [6.45, 7) is 4.02. The van der Waals surface area contributed by atoms with E-state index in [9.17, 15) is 9.59 Å². The van der Waals surface area contributed by atoms with Crippen molar-refractivity contribution >= 4 is 16.9 Å². The molecule has 0 saturated carbocycles. The lowest BCUT2D eigenvalue weighted by Crippen LogP contribution is -2.22. The molecule has 5 heteroatoms. The van der Waals surface area contributed by atoms with Gasteiger partial charge in [-0.15, -0.1) is 0 Å². The molecule has 0 aliphatic heterocycles. The third kappa shape index (κ3) is 4.42. The summed E-state index contributed by atoms with van der Waals surface area (Å²) in [6.07, 6.45) is -0.258. The Labute approximate surface area is 186 Å². The lowest BCUT2D eigenvalue weighted by molar-refractivity contribution is -0.151. The summed E-state index contributed by atoms with van der Waals surface area (Å²) < 4.78 is 17.0. The molecule has 0 unspecified atom stereocenters. The van der Waals surface area contributed by atoms with Gasteiger partial charge in [0.15, 0.2) is 0 Å². The second-order valence-corrected chi connectivity index (χ2v) is 7.32. The van der Waals surface area contributed by atoms with Crippen LogP contribution in [0.3, 0.4) is 0 Å². The summed E-state index contributed by atoms with van der Waals surface area (Å²) in [6, 6.07) is 24.1. The Morgan fingerprint density at radius 3 is 2.28 bits per heavy atom. The largest absolute Gasteiger partial charge is 0.473 e. The maximum atomic E-state index is 12.7. The Morgan fingerprint density at radius 1 is 0.938 bits per heavy atom. The number of hydrogen-bond acceptors (Lipinski definition) is 5. The van der Waals surface area contributed by atoms with E-state index in [4.69, 9.17) is 13.9 Å². The van der Waals surface area contributed by atoms with Crippen LogP contribution < -0.4 is 10.4 Å². The molecule has 4 aromatic rings. The van der Waals surface area contributed by atoms with Crippen LogP contribution >= 0.6 is 0 Å². The van der Waals surface area contributed by atoms with Gasteiger partial charge < -0.3 is 13.9 Å². The van der Waals surface area contributed by atoms with E-state index >= 15 is 0 Å². The Bertz CT molecular complexity index is 1280. The van der Waals surface area contributed by atoms with Crippen molar-refractivity contribution in [2.75, 3.05) is 6.61 Å². The van der Waals surface area contributed by atoms with Gasteiger partial charge in [0, 0.05) is 23.1 Å². The fourth-order valence-corrected chi connectivity index (χ4v) is 3.70. The predicted molar refractivity (Wildman–Crippen MR) is 124 cm³/mol. The van der Waals surface area contributed by atoms with Gasteiger partial charge in [-0.25, -0.2) is 9.59 Å². The van der Waals surface area contributed by atoms with E-state index in [-0.39, 0.29) is 6.61 Å². The summed E-state index contributed by atoms with van der Waals surface area (Å²) in [5, 5.41) is 0.812. The molecule has 0 fully saturated rings. The first-order chi connectivity index (χ1) is 15.6. The molecular formula is C27H24O5. The lowest BCUT2D eigenvalue weighted by Gasteiger charge is -2.20. The van der Waals surface area contributed by atoms with Gasteiger partial charge in [-0.1, -0.05) is 67.6 Å². The molecule has 5 nitrogen and oxygen atoms in total. The molecule has 4 rings (SSSR count). The number of carbonyl (C=O) groups excluding carboxylic acids is 1. The number of hydrogen-bond donors (Lipinski definition) is 0. The average molecular weight is 428 g/mol. The van der Waals surface area contributed by atoms with Crippen LogP contribution in [0.5, 0.6) is 5.75 Å². The monoisotopic (exact) mass is 428 g/mol. The second kappa shape index (κ2) is 9.52. The van der Waals surface area contributed by atoms with Crippen molar-refractivity contribution in [3.63, 3.8) is 0 Å². The van der Waals surface area contributed by atoms with Crippen molar-refractivity contribution in [2.45, 2.75) is 26.4 Å². The maximum absolute atomic E-state index is 12.7. The van der Waals surface area contributed by atoms with Crippen molar-refractivity contribution in [1.82, 2.24) is 0 Å². The number of ether oxygens (including phenoxy) is 2. The van der Waals surface area contributed by atoms with E-state index in [0.29, 0.717) is 23.3 Å². The molecule has 0 aliphatic carbocycles. The van der Waals surface area contributed by atoms with Gasteiger partial charge >= 0.3 is 11.6 Å². The van der Waals surface area contributed by atoms with Crippen molar-refractivity contribution in [2.24, 2.45) is 0 Å². The number of fused-ring (bicyclic) bond motifs is 1. The fraction of sp³-hybridized carbons (Fsp3) is 0.185. The van der Waals surface area contributed by atoms with Crippen LogP contribution in [0.1, 0.15) is 31.1 Å². The molecule has 0 saturated heterocycles. The van der Waals surface area contributed by atoms with Gasteiger partial charge in [-0.05, 0) is 36.1 Å². The zero-order chi connectivity index (χ0) is 22.5. The first-order valence-corrected chi connectivity index (χ1v) is 10.6. The van der Waals surface area contributed by atoms with Crippen LogP contribution in [0.15, 0.2) is 88.1 Å². The van der Waals surface area contributed by atoms with E-state index in [1.54, 1.807) is 13.0 Å². The van der Waals surface area contributed by atoms with Crippen molar-refractivity contribution < 1.29 is 18.7 Å². The predicted octanol–water partition coefficient (Wildman–Crippen LogP) is 5.71. The Kier molecular flexibility index (Phi) is 6.36. The van der Waals surface area contributed by atoms with Crippen molar-refractivity contribution in [3.8, 4) is 16.9 Å². The van der Waals surface area contributed by atoms with E-state index in [2.05, 4.69) is 0 Å². The van der Waals surface area contributed by atoms with Gasteiger partial charge in [0.25, 0.3) is 0 Å². The van der Waals surface area contributed by atoms with Crippen LogP contribution in [-0.4, -0.2) is 12.6 Å². The van der Waals surface area contributed by atoms with Gasteiger partial charge in [0.05, 0.1) is 6.61 Å². The normalized spacial score (nSPS) is 11.8. The summed E-state index contributed by atoms with van der Waals surface area (Å²) in [5.41, 5.74) is 3.26. The molecule has 1 atom stereocenters. The van der Waals surface area contributed by atoms with E-state index in [1.807, 2.05) is 73.7 Å². The van der Waals surface area contributed by atoms with Crippen LogP contribution in [-0.2, 0) is 16.0 Å². The fourth-order valence-electron chi connectivity index (χ4n) is 3.70. The summed E-state index contributed by atoms with van der Waals surface area (Å²) >= 11 is 0. The van der Waals surface area contributed by atoms with Crippen LogP contribution in [0, 0.1) is 0 Å². The van der Waals surface area contributed by atoms with E-state index in [0.717, 1.165) is 22.1 Å². The molecule has 32 heavy (non-hydrogen) atoms. The third-order valence-electron chi connectivity index (χ3n) is 5.24. The second-order valence-electron chi connectivity index (χ2n) is 7.32. The average Bonchev–Trinajstić information content (AvgIpc) is 2.82. The zero-order valence-corrected chi connectivity index (χ0v) is 18.0.